The second kappa shape index (κ2) is 6.37. The lowest BCUT2D eigenvalue weighted by molar-refractivity contribution is -0.384. The molecule has 0 saturated heterocycles. The number of aliphatic hydroxyl groups is 1. The van der Waals surface area contributed by atoms with E-state index in [0.717, 1.165) is 37.8 Å². The number of nitrogens with one attached hydrogen (secondary N) is 1. The number of aliphatic hydroxyl groups excluding tert-OH is 1. The maximum atomic E-state index is 13.4. The molecular weight excluding hydrogens is 287 g/mol. The second-order valence-corrected chi connectivity index (χ2v) is 5.44. The largest absolute Gasteiger partial charge is 0.393 e. The minimum atomic E-state index is -0.705. The van der Waals surface area contributed by atoms with Crippen molar-refractivity contribution in [3.63, 3.8) is 0 Å². The molecular formula is C13H16ClFN2O3. The third-order valence-corrected chi connectivity index (χ3v) is 3.95. The van der Waals surface area contributed by atoms with Gasteiger partial charge in [-0.05, 0) is 12.8 Å². The molecule has 2 N–H and O–H groups in total. The van der Waals surface area contributed by atoms with Crippen molar-refractivity contribution in [2.24, 2.45) is 5.92 Å². The van der Waals surface area contributed by atoms with E-state index < -0.39 is 16.8 Å². The number of nitrogens with zero attached hydrogens (tertiary/aromatic N) is 1. The number of nitro benzene ring substituents is 1. The smallest absolute Gasteiger partial charge is 0.294 e. The number of benzene rings is 1. The molecule has 110 valence electrons. The first-order valence-corrected chi connectivity index (χ1v) is 6.92. The number of hydrogen-bond donors (Lipinski definition) is 2. The zero-order valence-corrected chi connectivity index (χ0v) is 11.6. The van der Waals surface area contributed by atoms with Crippen LogP contribution in [0.5, 0.6) is 0 Å². The average Bonchev–Trinajstić information content (AvgIpc) is 2.41. The molecule has 20 heavy (non-hydrogen) atoms. The molecule has 1 aromatic rings. The van der Waals surface area contributed by atoms with E-state index in [0.29, 0.717) is 6.54 Å². The first kappa shape index (κ1) is 15.0. The topological polar surface area (TPSA) is 75.4 Å². The Bertz CT molecular complexity index is 513. The summed E-state index contributed by atoms with van der Waals surface area (Å²) in [6.45, 7) is 0.378. The van der Waals surface area contributed by atoms with Gasteiger partial charge in [0.2, 0.25) is 0 Å². The van der Waals surface area contributed by atoms with E-state index in [9.17, 15) is 19.6 Å². The molecule has 0 aliphatic heterocycles. The molecule has 2 rings (SSSR count). The van der Waals surface area contributed by atoms with Gasteiger partial charge in [0, 0.05) is 24.6 Å². The molecule has 1 saturated carbocycles. The van der Waals surface area contributed by atoms with Crippen molar-refractivity contribution in [1.29, 1.82) is 0 Å². The number of nitro groups is 1. The summed E-state index contributed by atoms with van der Waals surface area (Å²) >= 11 is 5.55. The first-order valence-electron chi connectivity index (χ1n) is 6.54. The van der Waals surface area contributed by atoms with Gasteiger partial charge in [-0.2, -0.15) is 0 Å². The van der Waals surface area contributed by atoms with E-state index in [1.54, 1.807) is 0 Å². The fraction of sp³-hybridized carbons (Fsp3) is 0.538. The van der Waals surface area contributed by atoms with Gasteiger partial charge in [0.25, 0.3) is 5.69 Å². The lowest BCUT2D eigenvalue weighted by atomic mass is 9.86. The summed E-state index contributed by atoms with van der Waals surface area (Å²) in [5.41, 5.74) is -0.170. The highest BCUT2D eigenvalue weighted by Crippen LogP contribution is 2.31. The van der Waals surface area contributed by atoms with Gasteiger partial charge in [0.05, 0.1) is 16.0 Å². The van der Waals surface area contributed by atoms with Crippen LogP contribution in [0.3, 0.4) is 0 Å². The zero-order chi connectivity index (χ0) is 14.7. The molecule has 2 atom stereocenters. The minimum Gasteiger partial charge on any atom is -0.393 e. The molecule has 0 aromatic heterocycles. The first-order chi connectivity index (χ1) is 9.49. The Kier molecular flexibility index (Phi) is 4.77. The van der Waals surface area contributed by atoms with Gasteiger partial charge in [-0.15, -0.1) is 0 Å². The second-order valence-electron chi connectivity index (χ2n) is 5.03. The Morgan fingerprint density at radius 1 is 1.45 bits per heavy atom. The van der Waals surface area contributed by atoms with Gasteiger partial charge in [-0.25, -0.2) is 4.39 Å². The van der Waals surface area contributed by atoms with Crippen LogP contribution in [0.2, 0.25) is 5.02 Å². The van der Waals surface area contributed by atoms with Crippen LogP contribution in [0.4, 0.5) is 15.8 Å². The van der Waals surface area contributed by atoms with Crippen LogP contribution in [0, 0.1) is 21.8 Å². The van der Waals surface area contributed by atoms with E-state index >= 15 is 0 Å². The quantitative estimate of drug-likeness (QED) is 0.660. The monoisotopic (exact) mass is 302 g/mol. The van der Waals surface area contributed by atoms with E-state index in [4.69, 9.17) is 11.6 Å². The highest BCUT2D eigenvalue weighted by Gasteiger charge is 2.24. The summed E-state index contributed by atoms with van der Waals surface area (Å²) in [7, 11) is 0. The third kappa shape index (κ3) is 3.37. The van der Waals surface area contributed by atoms with E-state index in [-0.39, 0.29) is 22.3 Å². The van der Waals surface area contributed by atoms with Crippen molar-refractivity contribution >= 4 is 23.0 Å². The molecule has 1 aliphatic rings. The van der Waals surface area contributed by atoms with Crippen LogP contribution in [0.1, 0.15) is 25.7 Å². The fourth-order valence-corrected chi connectivity index (χ4v) is 2.65. The van der Waals surface area contributed by atoms with Gasteiger partial charge in [0.1, 0.15) is 11.5 Å². The van der Waals surface area contributed by atoms with Crippen LogP contribution in [-0.2, 0) is 0 Å². The maximum Gasteiger partial charge on any atom is 0.294 e. The number of rotatable bonds is 4. The summed E-state index contributed by atoms with van der Waals surface area (Å²) < 4.78 is 13.4. The minimum absolute atomic E-state index is 0.0297. The molecule has 5 nitrogen and oxygen atoms in total. The van der Waals surface area contributed by atoms with Crippen molar-refractivity contribution in [2.45, 2.75) is 31.8 Å². The fourth-order valence-electron chi connectivity index (χ4n) is 2.50. The molecule has 2 unspecified atom stereocenters. The Labute approximate surface area is 120 Å². The summed E-state index contributed by atoms with van der Waals surface area (Å²) in [6, 6.07) is 2.02. The van der Waals surface area contributed by atoms with Gasteiger partial charge < -0.3 is 10.4 Å². The Morgan fingerprint density at radius 3 is 2.80 bits per heavy atom. The van der Waals surface area contributed by atoms with Crippen LogP contribution in [-0.4, -0.2) is 22.7 Å². The maximum absolute atomic E-state index is 13.4. The average molecular weight is 303 g/mol. The van der Waals surface area contributed by atoms with Gasteiger partial charge in [0.15, 0.2) is 0 Å². The normalized spacial score (nSPS) is 22.6. The predicted octanol–water partition coefficient (Wildman–Crippen LogP) is 3.35. The summed E-state index contributed by atoms with van der Waals surface area (Å²) in [4.78, 5) is 10.3. The van der Waals surface area contributed by atoms with Crippen LogP contribution in [0.25, 0.3) is 0 Å². The SMILES string of the molecule is O=[N+]([O-])c1cc(Cl)c(F)cc1NCC1CCCCC1O. The summed E-state index contributed by atoms with van der Waals surface area (Å²) in [6.07, 6.45) is 3.21. The molecule has 0 amide bonds. The van der Waals surface area contributed by atoms with Crippen LogP contribution >= 0.6 is 11.6 Å². The zero-order valence-electron chi connectivity index (χ0n) is 10.8. The standard InChI is InChI=1S/C13H16ClFN2O3/c14-9-5-12(17(19)20)11(6-10(9)15)16-7-8-3-1-2-4-13(8)18/h5-6,8,13,16,18H,1-4,7H2. The Morgan fingerprint density at radius 2 is 2.15 bits per heavy atom. The number of halogens is 2. The summed E-state index contributed by atoms with van der Waals surface area (Å²) in [5.74, 6) is -0.675. The lowest BCUT2D eigenvalue weighted by Gasteiger charge is -2.27. The third-order valence-electron chi connectivity index (χ3n) is 3.66. The van der Waals surface area contributed by atoms with Gasteiger partial charge >= 0.3 is 0 Å². The van der Waals surface area contributed by atoms with Crippen molar-refractivity contribution in [2.75, 3.05) is 11.9 Å². The van der Waals surface area contributed by atoms with Crippen molar-refractivity contribution < 1.29 is 14.4 Å². The van der Waals surface area contributed by atoms with Crippen molar-refractivity contribution in [3.05, 3.63) is 33.1 Å². The highest BCUT2D eigenvalue weighted by molar-refractivity contribution is 6.31. The van der Waals surface area contributed by atoms with Crippen LogP contribution < -0.4 is 5.32 Å². The van der Waals surface area contributed by atoms with Gasteiger partial charge in [-0.1, -0.05) is 24.4 Å². The van der Waals surface area contributed by atoms with Gasteiger partial charge in [-0.3, -0.25) is 10.1 Å². The summed E-state index contributed by atoms with van der Waals surface area (Å²) in [5, 5.41) is 23.4. The Hall–Kier alpha value is -1.40. The van der Waals surface area contributed by atoms with Crippen LogP contribution in [0.15, 0.2) is 12.1 Å². The Balaban J connectivity index is 2.12. The lowest BCUT2D eigenvalue weighted by Crippen LogP contribution is -2.30. The predicted molar refractivity (Wildman–Crippen MR) is 74.5 cm³/mol. The highest BCUT2D eigenvalue weighted by atomic mass is 35.5. The van der Waals surface area contributed by atoms with E-state index in [1.165, 1.54) is 0 Å². The van der Waals surface area contributed by atoms with E-state index in [2.05, 4.69) is 5.32 Å². The van der Waals surface area contributed by atoms with Crippen molar-refractivity contribution in [1.82, 2.24) is 0 Å². The molecule has 1 fully saturated rings. The number of anilines is 1. The molecule has 0 radical (unpaired) electrons. The molecule has 0 spiro atoms. The van der Waals surface area contributed by atoms with E-state index in [1.807, 2.05) is 0 Å². The molecule has 1 aliphatic carbocycles. The number of hydrogen-bond acceptors (Lipinski definition) is 4. The molecule has 1 aromatic carbocycles. The van der Waals surface area contributed by atoms with Crippen molar-refractivity contribution in [3.8, 4) is 0 Å². The molecule has 0 heterocycles. The molecule has 0 bridgehead atoms. The molecule has 7 heteroatoms.